The van der Waals surface area contributed by atoms with Crippen molar-refractivity contribution in [3.63, 3.8) is 0 Å². The Kier molecular flexibility index (Phi) is 2.48. The molecule has 2 unspecified atom stereocenters. The zero-order valence-electron chi connectivity index (χ0n) is 12.2. The topological polar surface area (TPSA) is 33.4 Å². The molecule has 5 rings (SSSR count). The summed E-state index contributed by atoms with van der Waals surface area (Å²) in [7, 11) is 0. The molecule has 2 atom stereocenters. The molecular weight excluding hydrogens is 278 g/mol. The first kappa shape index (κ1) is 12.4. The molecule has 2 fully saturated rings. The minimum Gasteiger partial charge on any atom is -0.356 e. The molecule has 3 aromatic rings. The predicted molar refractivity (Wildman–Crippen MR) is 83.8 cm³/mol. The number of halogens is 1. The molecule has 2 aromatic heterocycles. The van der Waals surface area contributed by atoms with E-state index in [0.717, 1.165) is 42.1 Å². The Morgan fingerprint density at radius 1 is 1.09 bits per heavy atom. The van der Waals surface area contributed by atoms with Crippen LogP contribution in [-0.4, -0.2) is 34.1 Å². The highest BCUT2D eigenvalue weighted by Gasteiger charge is 2.55. The normalized spacial score (nSPS) is 26.8. The van der Waals surface area contributed by atoms with Crippen LogP contribution >= 0.6 is 0 Å². The van der Waals surface area contributed by atoms with Gasteiger partial charge in [-0.25, -0.2) is 4.98 Å². The second-order valence-electron chi connectivity index (χ2n) is 6.43. The van der Waals surface area contributed by atoms with Crippen molar-refractivity contribution in [2.75, 3.05) is 24.7 Å². The smallest absolute Gasteiger partial charge is 0.236 e. The third-order valence-electron chi connectivity index (χ3n) is 5.30. The van der Waals surface area contributed by atoms with Crippen LogP contribution in [0.4, 0.5) is 10.2 Å². The summed E-state index contributed by atoms with van der Waals surface area (Å²) >= 11 is 0. The summed E-state index contributed by atoms with van der Waals surface area (Å²) < 4.78 is 14.5. The molecule has 1 saturated carbocycles. The number of para-hydroxylation sites is 2. The lowest BCUT2D eigenvalue weighted by atomic mass is 10.2. The summed E-state index contributed by atoms with van der Waals surface area (Å²) in [4.78, 5) is 11.6. The molecular formula is C17H17FN4. The maximum absolute atomic E-state index is 12.4. The highest BCUT2D eigenvalue weighted by Crippen LogP contribution is 2.54. The zero-order chi connectivity index (χ0) is 14.7. The fraction of sp³-hybridized carbons (Fsp3) is 0.412. The Morgan fingerprint density at radius 3 is 2.73 bits per heavy atom. The van der Waals surface area contributed by atoms with E-state index in [1.54, 1.807) is 0 Å². The van der Waals surface area contributed by atoms with Gasteiger partial charge in [-0.2, -0.15) is 4.98 Å². The third kappa shape index (κ3) is 1.68. The van der Waals surface area contributed by atoms with Gasteiger partial charge in [-0.15, -0.1) is 0 Å². The molecule has 5 heteroatoms. The SMILES string of the molecule is [18F]CCC1C2CN(c3ccn4c(n3)nc3ccccc34)CC12. The van der Waals surface area contributed by atoms with Crippen molar-refractivity contribution < 1.29 is 4.39 Å². The molecule has 0 bridgehead atoms. The fourth-order valence-corrected chi connectivity index (χ4v) is 4.11. The van der Waals surface area contributed by atoms with E-state index in [0.29, 0.717) is 17.8 Å². The number of rotatable bonds is 3. The summed E-state index contributed by atoms with van der Waals surface area (Å²) in [6.45, 7) is 1.85. The van der Waals surface area contributed by atoms with Crippen LogP contribution in [0, 0.1) is 17.8 Å². The van der Waals surface area contributed by atoms with Gasteiger partial charge in [0.2, 0.25) is 5.78 Å². The van der Waals surface area contributed by atoms with Crippen molar-refractivity contribution in [3.05, 3.63) is 36.5 Å². The van der Waals surface area contributed by atoms with Crippen molar-refractivity contribution in [2.24, 2.45) is 17.8 Å². The summed E-state index contributed by atoms with van der Waals surface area (Å²) in [5, 5.41) is 0. The van der Waals surface area contributed by atoms with E-state index in [1.165, 1.54) is 0 Å². The number of alkyl halides is 1. The van der Waals surface area contributed by atoms with E-state index in [2.05, 4.69) is 28.2 Å². The largest absolute Gasteiger partial charge is 0.356 e. The zero-order valence-corrected chi connectivity index (χ0v) is 12.2. The monoisotopic (exact) mass is 295 g/mol. The van der Waals surface area contributed by atoms with Gasteiger partial charge in [0.25, 0.3) is 0 Å². The highest BCUT2D eigenvalue weighted by molar-refractivity contribution is 5.79. The molecule has 112 valence electrons. The molecule has 1 aliphatic carbocycles. The van der Waals surface area contributed by atoms with E-state index in [-0.39, 0.29) is 6.67 Å². The molecule has 1 aliphatic heterocycles. The maximum Gasteiger partial charge on any atom is 0.236 e. The number of hydrogen-bond acceptors (Lipinski definition) is 3. The van der Waals surface area contributed by atoms with Gasteiger partial charge in [0.05, 0.1) is 17.7 Å². The molecule has 4 nitrogen and oxygen atoms in total. The van der Waals surface area contributed by atoms with Crippen molar-refractivity contribution in [2.45, 2.75) is 6.42 Å². The molecule has 3 heterocycles. The quantitative estimate of drug-likeness (QED) is 0.745. The van der Waals surface area contributed by atoms with Crippen LogP contribution < -0.4 is 4.90 Å². The molecule has 0 spiro atoms. The number of imidazole rings is 1. The molecule has 1 saturated heterocycles. The average Bonchev–Trinajstić information content (AvgIpc) is 2.93. The van der Waals surface area contributed by atoms with Crippen LogP contribution in [0.2, 0.25) is 0 Å². The summed E-state index contributed by atoms with van der Waals surface area (Å²) in [5.74, 6) is 3.70. The molecule has 0 N–H and O–H groups in total. The fourth-order valence-electron chi connectivity index (χ4n) is 4.11. The molecule has 2 aliphatic rings. The number of fused-ring (bicyclic) bond motifs is 4. The van der Waals surface area contributed by atoms with E-state index < -0.39 is 0 Å². The van der Waals surface area contributed by atoms with Gasteiger partial charge >= 0.3 is 0 Å². The number of anilines is 1. The maximum atomic E-state index is 12.4. The number of benzene rings is 1. The number of aromatic nitrogens is 3. The molecule has 0 amide bonds. The standard InChI is InChI=1S/C17H17FN4/c18-7-5-11-12-9-21(10-13(11)12)16-6-8-22-15-4-2-1-3-14(15)19-17(22)20-16/h1-4,6,8,11-13H,5,7,9-10H2/i18-1. The van der Waals surface area contributed by atoms with Crippen LogP contribution in [0.15, 0.2) is 36.5 Å². The van der Waals surface area contributed by atoms with Crippen molar-refractivity contribution in [3.8, 4) is 0 Å². The Balaban J connectivity index is 1.46. The van der Waals surface area contributed by atoms with Crippen LogP contribution in [0.25, 0.3) is 16.8 Å². The highest BCUT2D eigenvalue weighted by atomic mass is 18.2. The van der Waals surface area contributed by atoms with Crippen molar-refractivity contribution >= 4 is 22.6 Å². The summed E-state index contributed by atoms with van der Waals surface area (Å²) in [5.41, 5.74) is 2.06. The van der Waals surface area contributed by atoms with Crippen LogP contribution in [-0.2, 0) is 0 Å². The Morgan fingerprint density at radius 2 is 1.91 bits per heavy atom. The lowest BCUT2D eigenvalue weighted by molar-refractivity contribution is 0.431. The first-order chi connectivity index (χ1) is 10.8. The van der Waals surface area contributed by atoms with Gasteiger partial charge in [0.15, 0.2) is 0 Å². The minimum atomic E-state index is -0.178. The van der Waals surface area contributed by atoms with Gasteiger partial charge in [0.1, 0.15) is 5.82 Å². The summed E-state index contributed by atoms with van der Waals surface area (Å²) in [6, 6.07) is 10.1. The van der Waals surface area contributed by atoms with Crippen LogP contribution in [0.5, 0.6) is 0 Å². The second-order valence-corrected chi connectivity index (χ2v) is 6.43. The number of nitrogens with zero attached hydrogens (tertiary/aromatic N) is 4. The second kappa shape index (κ2) is 4.41. The number of piperidine rings is 1. The third-order valence-corrected chi connectivity index (χ3v) is 5.30. The Bertz CT molecular complexity index is 846. The van der Waals surface area contributed by atoms with Crippen LogP contribution in [0.3, 0.4) is 0 Å². The van der Waals surface area contributed by atoms with E-state index in [4.69, 9.17) is 4.98 Å². The van der Waals surface area contributed by atoms with Gasteiger partial charge in [-0.1, -0.05) is 12.1 Å². The first-order valence-corrected chi connectivity index (χ1v) is 7.90. The Hall–Kier alpha value is -2.17. The van der Waals surface area contributed by atoms with Gasteiger partial charge in [-0.05, 0) is 42.4 Å². The van der Waals surface area contributed by atoms with Gasteiger partial charge in [-0.3, -0.25) is 8.79 Å². The van der Waals surface area contributed by atoms with Gasteiger partial charge in [0, 0.05) is 19.3 Å². The van der Waals surface area contributed by atoms with Crippen molar-refractivity contribution in [1.29, 1.82) is 0 Å². The van der Waals surface area contributed by atoms with Crippen LogP contribution in [0.1, 0.15) is 6.42 Å². The van der Waals surface area contributed by atoms with Gasteiger partial charge < -0.3 is 4.90 Å². The molecule has 0 radical (unpaired) electrons. The summed E-state index contributed by atoms with van der Waals surface area (Å²) in [6.07, 6.45) is 2.79. The number of hydrogen-bond donors (Lipinski definition) is 0. The molecule has 1 aromatic carbocycles. The first-order valence-electron chi connectivity index (χ1n) is 7.90. The van der Waals surface area contributed by atoms with E-state index in [1.807, 2.05) is 22.6 Å². The minimum absolute atomic E-state index is 0.178. The predicted octanol–water partition coefficient (Wildman–Crippen LogP) is 2.92. The lowest BCUT2D eigenvalue weighted by Gasteiger charge is -2.20. The average molecular weight is 295 g/mol. The molecule has 22 heavy (non-hydrogen) atoms. The van der Waals surface area contributed by atoms with Crippen molar-refractivity contribution in [1.82, 2.24) is 14.4 Å². The van der Waals surface area contributed by atoms with E-state index >= 15 is 0 Å². The van der Waals surface area contributed by atoms with E-state index in [9.17, 15) is 4.39 Å². The lowest BCUT2D eigenvalue weighted by Crippen LogP contribution is -2.25. The Labute approximate surface area is 127 Å².